The number of benzene rings is 3. The number of carbonyl (C=O) groups is 2. The van der Waals surface area contributed by atoms with Crippen LogP contribution in [0.2, 0.25) is 0 Å². The molecule has 3 aromatic carbocycles. The van der Waals surface area contributed by atoms with E-state index in [4.69, 9.17) is 24.5 Å². The van der Waals surface area contributed by atoms with Gasteiger partial charge in [0.25, 0.3) is 0 Å². The number of rotatable bonds is 6. The SMILES string of the molecule is COc1ccc(CNCCc2ccccc2F)c2ccccc12.O=C(O)C(=O)O. The van der Waals surface area contributed by atoms with Crippen molar-refractivity contribution in [1.29, 1.82) is 0 Å². The van der Waals surface area contributed by atoms with Gasteiger partial charge in [-0.15, -0.1) is 0 Å². The third-order valence-corrected chi connectivity index (χ3v) is 4.22. The van der Waals surface area contributed by atoms with E-state index < -0.39 is 11.9 Å². The highest BCUT2D eigenvalue weighted by Gasteiger charge is 2.06. The van der Waals surface area contributed by atoms with Gasteiger partial charge in [0.15, 0.2) is 0 Å². The van der Waals surface area contributed by atoms with Gasteiger partial charge in [-0.25, -0.2) is 14.0 Å². The van der Waals surface area contributed by atoms with Crippen LogP contribution < -0.4 is 10.1 Å². The molecule has 0 saturated heterocycles. The van der Waals surface area contributed by atoms with Gasteiger partial charge in [-0.05, 0) is 41.6 Å². The van der Waals surface area contributed by atoms with Gasteiger partial charge < -0.3 is 20.3 Å². The van der Waals surface area contributed by atoms with Crippen molar-refractivity contribution in [3.8, 4) is 5.75 Å². The van der Waals surface area contributed by atoms with Crippen LogP contribution >= 0.6 is 0 Å². The van der Waals surface area contributed by atoms with Crippen molar-refractivity contribution in [1.82, 2.24) is 5.32 Å². The van der Waals surface area contributed by atoms with E-state index in [0.717, 1.165) is 29.8 Å². The smallest absolute Gasteiger partial charge is 0.414 e. The molecule has 3 rings (SSSR count). The first-order valence-electron chi connectivity index (χ1n) is 8.89. The first-order chi connectivity index (χ1) is 13.9. The van der Waals surface area contributed by atoms with Crippen molar-refractivity contribution < 1.29 is 28.9 Å². The molecular formula is C22H22FNO5. The standard InChI is InChI=1S/C20H20FNO.C2H2O4/c1-23-20-11-10-16(17-7-3-4-8-18(17)20)14-22-13-12-15-6-2-5-9-19(15)21;3-1(4)2(5)6/h2-11,22H,12-14H2,1H3;(H,3,4)(H,5,6). The monoisotopic (exact) mass is 399 g/mol. The molecule has 0 aliphatic rings. The number of aliphatic carboxylic acids is 2. The lowest BCUT2D eigenvalue weighted by atomic mass is 10.0. The molecule has 0 spiro atoms. The van der Waals surface area contributed by atoms with E-state index in [1.807, 2.05) is 30.3 Å². The molecule has 6 nitrogen and oxygen atoms in total. The minimum absolute atomic E-state index is 0.135. The second-order valence-electron chi connectivity index (χ2n) is 6.10. The molecule has 0 fully saturated rings. The molecule has 0 saturated carbocycles. The van der Waals surface area contributed by atoms with Gasteiger partial charge in [-0.1, -0.05) is 48.5 Å². The summed E-state index contributed by atoms with van der Waals surface area (Å²) >= 11 is 0. The number of nitrogens with one attached hydrogen (secondary N) is 1. The Hall–Kier alpha value is -3.45. The first-order valence-corrected chi connectivity index (χ1v) is 8.89. The third-order valence-electron chi connectivity index (χ3n) is 4.22. The number of methoxy groups -OCH3 is 1. The minimum Gasteiger partial charge on any atom is -0.496 e. The predicted octanol–water partition coefficient (Wildman–Crippen LogP) is 3.48. The molecule has 0 aliphatic heterocycles. The van der Waals surface area contributed by atoms with Crippen LogP contribution in [-0.2, 0) is 22.6 Å². The number of carboxylic acid groups (broad SMARTS) is 2. The van der Waals surface area contributed by atoms with Crippen molar-refractivity contribution in [2.45, 2.75) is 13.0 Å². The molecule has 0 aromatic heterocycles. The molecule has 3 aromatic rings. The lowest BCUT2D eigenvalue weighted by molar-refractivity contribution is -0.159. The van der Waals surface area contributed by atoms with Gasteiger partial charge in [0.05, 0.1) is 7.11 Å². The highest BCUT2D eigenvalue weighted by molar-refractivity contribution is 6.27. The number of hydrogen-bond acceptors (Lipinski definition) is 4. The van der Waals surface area contributed by atoms with Crippen LogP contribution in [-0.4, -0.2) is 35.8 Å². The van der Waals surface area contributed by atoms with Gasteiger partial charge in [-0.2, -0.15) is 0 Å². The highest BCUT2D eigenvalue weighted by atomic mass is 19.1. The van der Waals surface area contributed by atoms with E-state index in [9.17, 15) is 4.39 Å². The topological polar surface area (TPSA) is 95.9 Å². The Morgan fingerprint density at radius 3 is 2.14 bits per heavy atom. The zero-order valence-corrected chi connectivity index (χ0v) is 15.9. The van der Waals surface area contributed by atoms with Crippen molar-refractivity contribution in [3.63, 3.8) is 0 Å². The largest absolute Gasteiger partial charge is 0.496 e. The van der Waals surface area contributed by atoms with Crippen molar-refractivity contribution in [3.05, 3.63) is 77.6 Å². The van der Waals surface area contributed by atoms with Gasteiger partial charge in [0, 0.05) is 11.9 Å². The van der Waals surface area contributed by atoms with Crippen molar-refractivity contribution in [2.24, 2.45) is 0 Å². The average Bonchev–Trinajstić information content (AvgIpc) is 2.72. The molecule has 0 unspecified atom stereocenters. The molecule has 0 aliphatic carbocycles. The average molecular weight is 399 g/mol. The number of hydrogen-bond donors (Lipinski definition) is 3. The Morgan fingerprint density at radius 2 is 1.52 bits per heavy atom. The summed E-state index contributed by atoms with van der Waals surface area (Å²) in [6.45, 7) is 1.49. The molecule has 7 heteroatoms. The summed E-state index contributed by atoms with van der Waals surface area (Å²) in [6.07, 6.45) is 0.681. The van der Waals surface area contributed by atoms with E-state index in [1.165, 1.54) is 17.0 Å². The molecular weight excluding hydrogens is 377 g/mol. The van der Waals surface area contributed by atoms with E-state index >= 15 is 0 Å². The Balaban J connectivity index is 0.000000438. The van der Waals surface area contributed by atoms with Crippen LogP contribution in [0.3, 0.4) is 0 Å². The normalized spacial score (nSPS) is 10.1. The minimum atomic E-state index is -1.82. The van der Waals surface area contributed by atoms with Crippen LogP contribution in [0.25, 0.3) is 10.8 Å². The lowest BCUT2D eigenvalue weighted by Crippen LogP contribution is -2.17. The lowest BCUT2D eigenvalue weighted by Gasteiger charge is -2.11. The second kappa shape index (κ2) is 10.8. The molecule has 29 heavy (non-hydrogen) atoms. The summed E-state index contributed by atoms with van der Waals surface area (Å²) in [7, 11) is 1.69. The van der Waals surface area contributed by atoms with E-state index in [2.05, 4.69) is 23.5 Å². The fraction of sp³-hybridized carbons (Fsp3) is 0.182. The summed E-state index contributed by atoms with van der Waals surface area (Å²) in [5, 5.41) is 20.5. The predicted molar refractivity (Wildman–Crippen MR) is 108 cm³/mol. The van der Waals surface area contributed by atoms with Gasteiger partial charge in [-0.3, -0.25) is 0 Å². The maximum absolute atomic E-state index is 13.6. The first kappa shape index (κ1) is 21.8. The number of fused-ring (bicyclic) bond motifs is 1. The van der Waals surface area contributed by atoms with E-state index in [0.29, 0.717) is 6.42 Å². The Labute approximate surface area is 167 Å². The third kappa shape index (κ3) is 6.29. The van der Waals surface area contributed by atoms with Gasteiger partial charge >= 0.3 is 11.9 Å². The van der Waals surface area contributed by atoms with Gasteiger partial charge in [0.2, 0.25) is 0 Å². The van der Waals surface area contributed by atoms with E-state index in [-0.39, 0.29) is 5.82 Å². The molecule has 3 N–H and O–H groups in total. The summed E-state index contributed by atoms with van der Waals surface area (Å²) in [5.41, 5.74) is 1.97. The molecule has 0 heterocycles. The van der Waals surface area contributed by atoms with Crippen molar-refractivity contribution >= 4 is 22.7 Å². The zero-order valence-electron chi connectivity index (χ0n) is 15.9. The van der Waals surface area contributed by atoms with E-state index in [1.54, 1.807) is 13.2 Å². The molecule has 0 radical (unpaired) electrons. The highest BCUT2D eigenvalue weighted by Crippen LogP contribution is 2.28. The molecule has 0 atom stereocenters. The fourth-order valence-corrected chi connectivity index (χ4v) is 2.81. The molecule has 0 bridgehead atoms. The van der Waals surface area contributed by atoms with Gasteiger partial charge in [0.1, 0.15) is 11.6 Å². The molecule has 0 amide bonds. The number of carboxylic acids is 2. The Morgan fingerprint density at radius 1 is 0.897 bits per heavy atom. The van der Waals surface area contributed by atoms with Crippen LogP contribution in [0.1, 0.15) is 11.1 Å². The summed E-state index contributed by atoms with van der Waals surface area (Å²) < 4.78 is 19.0. The van der Waals surface area contributed by atoms with Crippen LogP contribution in [0.5, 0.6) is 5.75 Å². The maximum atomic E-state index is 13.6. The summed E-state index contributed by atoms with van der Waals surface area (Å²) in [6, 6.07) is 19.2. The Kier molecular flexibility index (Phi) is 8.12. The quantitative estimate of drug-likeness (QED) is 0.434. The molecule has 152 valence electrons. The van der Waals surface area contributed by atoms with Crippen LogP contribution in [0, 0.1) is 5.82 Å². The summed E-state index contributed by atoms with van der Waals surface area (Å²) in [4.78, 5) is 18.2. The number of ether oxygens (including phenoxy) is 1. The fourth-order valence-electron chi connectivity index (χ4n) is 2.81. The number of halogens is 1. The second-order valence-corrected chi connectivity index (χ2v) is 6.10. The van der Waals surface area contributed by atoms with Crippen molar-refractivity contribution in [2.75, 3.05) is 13.7 Å². The van der Waals surface area contributed by atoms with Crippen LogP contribution in [0.15, 0.2) is 60.7 Å². The zero-order chi connectivity index (χ0) is 21.2. The summed E-state index contributed by atoms with van der Waals surface area (Å²) in [5.74, 6) is -2.90. The van der Waals surface area contributed by atoms with Crippen LogP contribution in [0.4, 0.5) is 4.39 Å². The Bertz CT molecular complexity index is 978. The maximum Gasteiger partial charge on any atom is 0.414 e.